The van der Waals surface area contributed by atoms with E-state index in [1.807, 2.05) is 42.5 Å². The highest BCUT2D eigenvalue weighted by Gasteiger charge is 2.04. The van der Waals surface area contributed by atoms with Crippen LogP contribution in [0.4, 0.5) is 5.69 Å². The SMILES string of the molecule is Cc1ccc(NCc2ccccc2OCc2ccc(Cl)cc2)cc1. The van der Waals surface area contributed by atoms with E-state index in [4.69, 9.17) is 16.3 Å². The maximum absolute atomic E-state index is 5.99. The van der Waals surface area contributed by atoms with Crippen molar-refractivity contribution in [2.45, 2.75) is 20.1 Å². The van der Waals surface area contributed by atoms with Gasteiger partial charge in [0.2, 0.25) is 0 Å². The highest BCUT2D eigenvalue weighted by atomic mass is 35.5. The zero-order chi connectivity index (χ0) is 16.8. The zero-order valence-corrected chi connectivity index (χ0v) is 14.4. The zero-order valence-electron chi connectivity index (χ0n) is 13.6. The van der Waals surface area contributed by atoms with E-state index in [9.17, 15) is 0 Å². The van der Waals surface area contributed by atoms with Crippen LogP contribution in [0.5, 0.6) is 5.75 Å². The lowest BCUT2D eigenvalue weighted by atomic mass is 10.2. The summed E-state index contributed by atoms with van der Waals surface area (Å²) in [4.78, 5) is 0. The number of hydrogen-bond acceptors (Lipinski definition) is 2. The molecule has 1 N–H and O–H groups in total. The largest absolute Gasteiger partial charge is 0.489 e. The fourth-order valence-electron chi connectivity index (χ4n) is 2.40. The molecule has 0 saturated heterocycles. The second-order valence-corrected chi connectivity index (χ2v) is 6.18. The third kappa shape index (κ3) is 4.53. The van der Waals surface area contributed by atoms with Crippen molar-refractivity contribution in [2.24, 2.45) is 0 Å². The molecule has 122 valence electrons. The summed E-state index contributed by atoms with van der Waals surface area (Å²) in [7, 11) is 0. The van der Waals surface area contributed by atoms with Crippen LogP contribution in [0.25, 0.3) is 0 Å². The molecule has 3 heteroatoms. The van der Waals surface area contributed by atoms with Gasteiger partial charge in [-0.25, -0.2) is 0 Å². The van der Waals surface area contributed by atoms with Crippen LogP contribution in [-0.4, -0.2) is 0 Å². The van der Waals surface area contributed by atoms with E-state index < -0.39 is 0 Å². The van der Waals surface area contributed by atoms with Gasteiger partial charge in [-0.05, 0) is 42.8 Å². The van der Waals surface area contributed by atoms with Gasteiger partial charge in [0, 0.05) is 22.8 Å². The first-order chi connectivity index (χ1) is 11.7. The van der Waals surface area contributed by atoms with Gasteiger partial charge in [-0.15, -0.1) is 0 Å². The quantitative estimate of drug-likeness (QED) is 0.610. The Kier molecular flexibility index (Phi) is 5.39. The topological polar surface area (TPSA) is 21.3 Å². The van der Waals surface area contributed by atoms with Crippen molar-refractivity contribution in [3.05, 3.63) is 94.5 Å². The molecule has 0 bridgehead atoms. The Hall–Kier alpha value is -2.45. The molecule has 0 atom stereocenters. The first-order valence-electron chi connectivity index (χ1n) is 7.96. The van der Waals surface area contributed by atoms with Crippen molar-refractivity contribution in [1.82, 2.24) is 0 Å². The van der Waals surface area contributed by atoms with Crippen LogP contribution in [0, 0.1) is 6.92 Å². The van der Waals surface area contributed by atoms with Crippen molar-refractivity contribution < 1.29 is 4.74 Å². The van der Waals surface area contributed by atoms with E-state index in [-0.39, 0.29) is 0 Å². The Morgan fingerprint density at radius 1 is 0.875 bits per heavy atom. The number of nitrogens with one attached hydrogen (secondary N) is 1. The molecule has 3 rings (SSSR count). The minimum Gasteiger partial charge on any atom is -0.489 e. The summed E-state index contributed by atoms with van der Waals surface area (Å²) in [5.41, 5.74) is 4.59. The Morgan fingerprint density at radius 2 is 1.58 bits per heavy atom. The molecule has 24 heavy (non-hydrogen) atoms. The Labute approximate surface area is 148 Å². The number of para-hydroxylation sites is 1. The average Bonchev–Trinajstić information content (AvgIpc) is 2.61. The Morgan fingerprint density at radius 3 is 2.33 bits per heavy atom. The Bertz CT molecular complexity index is 713. The molecule has 0 amide bonds. The van der Waals surface area contributed by atoms with Crippen LogP contribution in [0.15, 0.2) is 72.8 Å². The van der Waals surface area contributed by atoms with Gasteiger partial charge in [0.05, 0.1) is 0 Å². The summed E-state index contributed by atoms with van der Waals surface area (Å²) in [6.45, 7) is 3.34. The number of benzene rings is 3. The first-order valence-corrected chi connectivity index (χ1v) is 8.34. The predicted octanol–water partition coefficient (Wildman–Crippen LogP) is 5.84. The van der Waals surface area contributed by atoms with Crippen molar-refractivity contribution in [3.63, 3.8) is 0 Å². The summed E-state index contributed by atoms with van der Waals surface area (Å²) < 4.78 is 5.99. The van der Waals surface area contributed by atoms with Crippen molar-refractivity contribution in [1.29, 1.82) is 0 Å². The van der Waals surface area contributed by atoms with Gasteiger partial charge < -0.3 is 10.1 Å². The smallest absolute Gasteiger partial charge is 0.124 e. The van der Waals surface area contributed by atoms with Gasteiger partial charge in [-0.1, -0.05) is 59.6 Å². The third-order valence-corrected chi connectivity index (χ3v) is 4.07. The summed E-state index contributed by atoms with van der Waals surface area (Å²) in [6, 6.07) is 24.2. The van der Waals surface area contributed by atoms with E-state index in [2.05, 4.69) is 42.6 Å². The summed E-state index contributed by atoms with van der Waals surface area (Å²) in [5, 5.41) is 4.17. The van der Waals surface area contributed by atoms with Crippen molar-refractivity contribution >= 4 is 17.3 Å². The molecule has 0 radical (unpaired) electrons. The van der Waals surface area contributed by atoms with Crippen molar-refractivity contribution in [3.8, 4) is 5.75 Å². The van der Waals surface area contributed by atoms with Gasteiger partial charge in [0.25, 0.3) is 0 Å². The monoisotopic (exact) mass is 337 g/mol. The number of rotatable bonds is 6. The van der Waals surface area contributed by atoms with E-state index in [0.29, 0.717) is 6.61 Å². The van der Waals surface area contributed by atoms with Gasteiger partial charge in [-0.3, -0.25) is 0 Å². The number of aryl methyl sites for hydroxylation is 1. The number of hydrogen-bond donors (Lipinski definition) is 1. The lowest BCUT2D eigenvalue weighted by Gasteiger charge is -2.13. The van der Waals surface area contributed by atoms with Crippen LogP contribution in [0.2, 0.25) is 5.02 Å². The molecule has 0 spiro atoms. The second kappa shape index (κ2) is 7.89. The normalized spacial score (nSPS) is 10.4. The maximum Gasteiger partial charge on any atom is 0.124 e. The fourth-order valence-corrected chi connectivity index (χ4v) is 2.53. The van der Waals surface area contributed by atoms with Crippen LogP contribution < -0.4 is 10.1 Å². The molecule has 0 unspecified atom stereocenters. The van der Waals surface area contributed by atoms with Gasteiger partial charge >= 0.3 is 0 Å². The van der Waals surface area contributed by atoms with Crippen LogP contribution >= 0.6 is 11.6 Å². The van der Waals surface area contributed by atoms with Crippen LogP contribution in [0.3, 0.4) is 0 Å². The summed E-state index contributed by atoms with van der Waals surface area (Å²) >= 11 is 5.91. The van der Waals surface area contributed by atoms with Crippen LogP contribution in [-0.2, 0) is 13.2 Å². The van der Waals surface area contributed by atoms with Crippen LogP contribution in [0.1, 0.15) is 16.7 Å². The lowest BCUT2D eigenvalue weighted by Crippen LogP contribution is -2.03. The molecule has 0 fully saturated rings. The summed E-state index contributed by atoms with van der Waals surface area (Å²) in [5.74, 6) is 0.895. The fraction of sp³-hybridized carbons (Fsp3) is 0.143. The number of anilines is 1. The van der Waals surface area contributed by atoms with E-state index in [0.717, 1.165) is 34.1 Å². The predicted molar refractivity (Wildman–Crippen MR) is 101 cm³/mol. The van der Waals surface area contributed by atoms with Gasteiger partial charge in [0.1, 0.15) is 12.4 Å². The van der Waals surface area contributed by atoms with Gasteiger partial charge in [-0.2, -0.15) is 0 Å². The summed E-state index contributed by atoms with van der Waals surface area (Å²) in [6.07, 6.45) is 0. The molecule has 0 aliphatic rings. The first kappa shape index (κ1) is 16.4. The molecule has 0 saturated carbocycles. The number of ether oxygens (including phenoxy) is 1. The van der Waals surface area contributed by atoms with Crippen molar-refractivity contribution in [2.75, 3.05) is 5.32 Å². The van der Waals surface area contributed by atoms with E-state index in [1.54, 1.807) is 0 Å². The minimum absolute atomic E-state index is 0.527. The maximum atomic E-state index is 5.99. The third-order valence-electron chi connectivity index (χ3n) is 3.81. The molecule has 0 aliphatic carbocycles. The molecular weight excluding hydrogens is 318 g/mol. The molecule has 3 aromatic rings. The molecular formula is C21H20ClNO. The molecule has 0 heterocycles. The number of halogens is 1. The highest BCUT2D eigenvalue weighted by Crippen LogP contribution is 2.21. The molecule has 0 aromatic heterocycles. The average molecular weight is 338 g/mol. The highest BCUT2D eigenvalue weighted by molar-refractivity contribution is 6.30. The van der Waals surface area contributed by atoms with E-state index in [1.165, 1.54) is 5.56 Å². The van der Waals surface area contributed by atoms with Gasteiger partial charge in [0.15, 0.2) is 0 Å². The Balaban J connectivity index is 1.64. The standard InChI is InChI=1S/C21H20ClNO/c1-16-6-12-20(13-7-16)23-14-18-4-2-3-5-21(18)24-15-17-8-10-19(22)11-9-17/h2-13,23H,14-15H2,1H3. The minimum atomic E-state index is 0.527. The molecule has 2 nitrogen and oxygen atoms in total. The lowest BCUT2D eigenvalue weighted by molar-refractivity contribution is 0.303. The molecule has 3 aromatic carbocycles. The van der Waals surface area contributed by atoms with E-state index >= 15 is 0 Å². The second-order valence-electron chi connectivity index (χ2n) is 5.74. The molecule has 0 aliphatic heterocycles.